The molecule has 6 atom stereocenters. The first-order valence-electron chi connectivity index (χ1n) is 12.0. The van der Waals surface area contributed by atoms with Crippen LogP contribution >= 0.6 is 0 Å². The van der Waals surface area contributed by atoms with Crippen LogP contribution in [-0.4, -0.2) is 43.0 Å². The van der Waals surface area contributed by atoms with Crippen molar-refractivity contribution in [3.8, 4) is 0 Å². The largest absolute Gasteiger partial charge is 0.462 e. The zero-order chi connectivity index (χ0) is 25.0. The zero-order valence-electron chi connectivity index (χ0n) is 21.2. The molecule has 2 fully saturated rings. The summed E-state index contributed by atoms with van der Waals surface area (Å²) in [4.78, 5) is 47.2. The van der Waals surface area contributed by atoms with Gasteiger partial charge in [0.1, 0.15) is 13.2 Å². The zero-order valence-corrected chi connectivity index (χ0v) is 21.2. The highest BCUT2D eigenvalue weighted by atomic mass is 16.5. The van der Waals surface area contributed by atoms with Crippen molar-refractivity contribution >= 4 is 23.7 Å². The van der Waals surface area contributed by atoms with Gasteiger partial charge in [0.15, 0.2) is 11.9 Å². The Morgan fingerprint density at radius 3 is 2.24 bits per heavy atom. The number of Topliss-reactive ketones (excluding diaryl/α,β-unsaturated/α-hetero) is 1. The van der Waals surface area contributed by atoms with Crippen molar-refractivity contribution in [1.82, 2.24) is 0 Å². The van der Waals surface area contributed by atoms with Crippen molar-refractivity contribution in [2.75, 3.05) is 13.2 Å². The third-order valence-corrected chi connectivity index (χ3v) is 8.43. The molecule has 0 amide bonds. The molecule has 2 aliphatic carbocycles. The molecule has 2 saturated carbocycles. The molecule has 0 radical (unpaired) electrons. The molecule has 2 rings (SSSR count). The van der Waals surface area contributed by atoms with Crippen LogP contribution < -0.4 is 0 Å². The lowest BCUT2D eigenvalue weighted by atomic mass is 9.44. The maximum absolute atomic E-state index is 13.0. The average Bonchev–Trinajstić information content (AvgIpc) is 2.72. The Morgan fingerprint density at radius 1 is 1.03 bits per heavy atom. The normalized spacial score (nSPS) is 34.3. The lowest BCUT2D eigenvalue weighted by molar-refractivity contribution is -0.178. The van der Waals surface area contributed by atoms with Crippen molar-refractivity contribution in [3.63, 3.8) is 0 Å². The van der Waals surface area contributed by atoms with E-state index in [2.05, 4.69) is 20.8 Å². The maximum Gasteiger partial charge on any atom is 0.303 e. The lowest BCUT2D eigenvalue weighted by Gasteiger charge is -2.60. The summed E-state index contributed by atoms with van der Waals surface area (Å²) in [5.74, 6) is -0.690. The van der Waals surface area contributed by atoms with Crippen LogP contribution in [0.15, 0.2) is 11.6 Å². The fourth-order valence-electron chi connectivity index (χ4n) is 5.98. The molecule has 0 aromatic heterocycles. The van der Waals surface area contributed by atoms with Crippen molar-refractivity contribution in [2.24, 2.45) is 28.6 Å². The van der Waals surface area contributed by atoms with Gasteiger partial charge in [0.05, 0.1) is 0 Å². The first-order valence-corrected chi connectivity index (χ1v) is 12.0. The predicted octanol–water partition coefficient (Wildman–Crippen LogP) is 4.42. The van der Waals surface area contributed by atoms with E-state index in [9.17, 15) is 19.2 Å². The van der Waals surface area contributed by atoms with Crippen LogP contribution in [-0.2, 0) is 33.4 Å². The molecule has 0 bridgehead atoms. The van der Waals surface area contributed by atoms with Gasteiger partial charge in [-0.3, -0.25) is 19.2 Å². The Morgan fingerprint density at radius 2 is 1.67 bits per heavy atom. The summed E-state index contributed by atoms with van der Waals surface area (Å²) in [5.41, 5.74) is 0.646. The smallest absolute Gasteiger partial charge is 0.303 e. The molecule has 2 aliphatic rings. The predicted molar refractivity (Wildman–Crippen MR) is 123 cm³/mol. The summed E-state index contributed by atoms with van der Waals surface area (Å²) in [7, 11) is 0. The van der Waals surface area contributed by atoms with Gasteiger partial charge >= 0.3 is 17.9 Å². The fourth-order valence-corrected chi connectivity index (χ4v) is 5.98. The van der Waals surface area contributed by atoms with E-state index in [1.54, 1.807) is 0 Å². The monoisotopic (exact) mass is 464 g/mol. The lowest BCUT2D eigenvalue weighted by Crippen LogP contribution is -2.58. The number of hydrogen-bond acceptors (Lipinski definition) is 7. The number of carbonyl (C=O) groups is 4. The van der Waals surface area contributed by atoms with E-state index in [4.69, 9.17) is 14.2 Å². The van der Waals surface area contributed by atoms with E-state index >= 15 is 0 Å². The van der Waals surface area contributed by atoms with Gasteiger partial charge in [0.25, 0.3) is 0 Å². The molecule has 6 unspecified atom stereocenters. The van der Waals surface area contributed by atoms with Crippen LogP contribution in [0.5, 0.6) is 0 Å². The molecule has 0 spiro atoms. The third kappa shape index (κ3) is 6.24. The van der Waals surface area contributed by atoms with Crippen LogP contribution in [0.2, 0.25) is 0 Å². The van der Waals surface area contributed by atoms with Gasteiger partial charge in [-0.15, -0.1) is 0 Å². The number of ketones is 1. The van der Waals surface area contributed by atoms with Crippen molar-refractivity contribution in [1.29, 1.82) is 0 Å². The Bertz CT molecular complexity index is 800. The molecule has 0 aliphatic heterocycles. The summed E-state index contributed by atoms with van der Waals surface area (Å²) in [6.45, 7) is 13.1. The number of esters is 3. The SMILES string of the molecule is CC(=O)OCC=C(CCC1(C)C(C)CCC2(C)C(C)C(=O)C(OC(C)=O)CC12)COC(C)=O. The second-order valence-electron chi connectivity index (χ2n) is 10.4. The molecule has 33 heavy (non-hydrogen) atoms. The summed E-state index contributed by atoms with van der Waals surface area (Å²) in [5, 5.41) is 0. The van der Waals surface area contributed by atoms with Crippen LogP contribution in [0.25, 0.3) is 0 Å². The van der Waals surface area contributed by atoms with E-state index in [0.717, 1.165) is 24.8 Å². The molecule has 0 N–H and O–H groups in total. The first kappa shape index (κ1) is 27.1. The van der Waals surface area contributed by atoms with Crippen LogP contribution in [0.3, 0.4) is 0 Å². The van der Waals surface area contributed by atoms with Crippen molar-refractivity contribution in [2.45, 2.75) is 86.7 Å². The molecule has 0 aromatic rings. The van der Waals surface area contributed by atoms with Crippen LogP contribution in [0.1, 0.15) is 80.6 Å². The molecule has 7 heteroatoms. The molecular formula is C26H40O7. The second kappa shape index (κ2) is 10.8. The number of rotatable bonds is 8. The maximum atomic E-state index is 13.0. The van der Waals surface area contributed by atoms with Gasteiger partial charge in [0, 0.05) is 26.7 Å². The molecular weight excluding hydrogens is 424 g/mol. The molecule has 186 valence electrons. The third-order valence-electron chi connectivity index (χ3n) is 8.43. The van der Waals surface area contributed by atoms with Crippen LogP contribution in [0.4, 0.5) is 0 Å². The van der Waals surface area contributed by atoms with Crippen molar-refractivity contribution in [3.05, 3.63) is 11.6 Å². The van der Waals surface area contributed by atoms with E-state index in [0.29, 0.717) is 18.8 Å². The molecule has 0 heterocycles. The van der Waals surface area contributed by atoms with E-state index in [1.807, 2.05) is 13.0 Å². The Labute approximate surface area is 197 Å². The van der Waals surface area contributed by atoms with Crippen molar-refractivity contribution < 1.29 is 33.4 Å². The highest BCUT2D eigenvalue weighted by molar-refractivity contribution is 5.88. The fraction of sp³-hybridized carbons (Fsp3) is 0.769. The second-order valence-corrected chi connectivity index (χ2v) is 10.4. The van der Waals surface area contributed by atoms with E-state index < -0.39 is 12.1 Å². The Balaban J connectivity index is 2.28. The van der Waals surface area contributed by atoms with Gasteiger partial charge in [-0.2, -0.15) is 0 Å². The van der Waals surface area contributed by atoms with Gasteiger partial charge < -0.3 is 14.2 Å². The topological polar surface area (TPSA) is 96.0 Å². The van der Waals surface area contributed by atoms with Gasteiger partial charge in [-0.05, 0) is 66.4 Å². The summed E-state index contributed by atoms with van der Waals surface area (Å²) >= 11 is 0. The Kier molecular flexibility index (Phi) is 8.88. The highest BCUT2D eigenvalue weighted by Gasteiger charge is 2.59. The van der Waals surface area contributed by atoms with E-state index in [1.165, 1.54) is 20.8 Å². The molecule has 7 nitrogen and oxygen atoms in total. The van der Waals surface area contributed by atoms with Gasteiger partial charge in [0.2, 0.25) is 0 Å². The average molecular weight is 465 g/mol. The minimum Gasteiger partial charge on any atom is -0.462 e. The molecule has 0 saturated heterocycles. The van der Waals surface area contributed by atoms with Crippen LogP contribution in [0, 0.1) is 28.6 Å². The standard InChI is InChI=1S/C26H40O7/c1-16-8-11-26(7)17(2)24(30)22(33-20(5)29)14-23(26)25(16,6)12-9-21(15-32-19(4)28)10-13-31-18(3)27/h10,16-17,22-23H,8-9,11-15H2,1-7H3. The highest BCUT2D eigenvalue weighted by Crippen LogP contribution is 2.62. The van der Waals surface area contributed by atoms with E-state index in [-0.39, 0.29) is 53.6 Å². The number of fused-ring (bicyclic) bond motifs is 1. The Hall–Kier alpha value is -2.18. The van der Waals surface area contributed by atoms with Gasteiger partial charge in [-0.1, -0.05) is 27.7 Å². The minimum absolute atomic E-state index is 0.0256. The first-order chi connectivity index (χ1) is 15.3. The number of ether oxygens (including phenoxy) is 3. The molecule has 0 aromatic carbocycles. The summed E-state index contributed by atoms with van der Waals surface area (Å²) in [6, 6.07) is 0. The quantitative estimate of drug-likeness (QED) is 0.298. The summed E-state index contributed by atoms with van der Waals surface area (Å²) in [6.07, 6.45) is 5.16. The number of hydrogen-bond donors (Lipinski definition) is 0. The van der Waals surface area contributed by atoms with Gasteiger partial charge in [-0.25, -0.2) is 0 Å². The minimum atomic E-state index is -0.694. The summed E-state index contributed by atoms with van der Waals surface area (Å²) < 4.78 is 15.7. The number of carbonyl (C=O) groups excluding carboxylic acids is 4.